The summed E-state index contributed by atoms with van der Waals surface area (Å²) in [5, 5.41) is 9.14. The molecule has 2 aliphatic rings. The zero-order valence-electron chi connectivity index (χ0n) is 10.5. The monoisotopic (exact) mass is 256 g/mol. The van der Waals surface area contributed by atoms with E-state index in [9.17, 15) is 9.59 Å². The van der Waals surface area contributed by atoms with E-state index in [0.29, 0.717) is 32.7 Å². The molecule has 0 bridgehead atoms. The van der Waals surface area contributed by atoms with E-state index < -0.39 is 12.0 Å². The van der Waals surface area contributed by atoms with Crippen molar-refractivity contribution >= 4 is 11.9 Å². The van der Waals surface area contributed by atoms with Crippen LogP contribution in [-0.4, -0.2) is 72.2 Å². The van der Waals surface area contributed by atoms with E-state index in [-0.39, 0.29) is 5.91 Å². The van der Waals surface area contributed by atoms with Crippen LogP contribution in [0.2, 0.25) is 0 Å². The highest BCUT2D eigenvalue weighted by Gasteiger charge is 2.32. The van der Waals surface area contributed by atoms with Gasteiger partial charge in [-0.1, -0.05) is 0 Å². The number of carboxylic acids is 1. The Morgan fingerprint density at radius 1 is 1.17 bits per heavy atom. The minimum absolute atomic E-state index is 0.0657. The average molecular weight is 256 g/mol. The number of aliphatic carboxylic acids is 1. The summed E-state index contributed by atoms with van der Waals surface area (Å²) in [5.41, 5.74) is 0. The van der Waals surface area contributed by atoms with E-state index in [1.807, 2.05) is 4.90 Å². The lowest BCUT2D eigenvalue weighted by atomic mass is 10.0. The van der Waals surface area contributed by atoms with E-state index in [0.717, 1.165) is 25.9 Å². The van der Waals surface area contributed by atoms with Gasteiger partial charge in [0.25, 0.3) is 0 Å². The van der Waals surface area contributed by atoms with Gasteiger partial charge in [0.1, 0.15) is 6.04 Å². The molecule has 1 atom stereocenters. The predicted octanol–water partition coefficient (Wildman–Crippen LogP) is -0.216. The standard InChI is InChI=1S/C12H20N2O4/c15-11(9-13-5-7-18-8-6-13)14-4-2-1-3-10(14)12(16)17/h10H,1-9H2,(H,16,17)/t10-/m0/s1. The van der Waals surface area contributed by atoms with Gasteiger partial charge in [-0.3, -0.25) is 9.69 Å². The van der Waals surface area contributed by atoms with E-state index in [1.54, 1.807) is 0 Å². The van der Waals surface area contributed by atoms with Crippen LogP contribution in [0.4, 0.5) is 0 Å². The highest BCUT2D eigenvalue weighted by molar-refractivity contribution is 5.85. The third kappa shape index (κ3) is 3.20. The molecule has 0 saturated carbocycles. The number of carbonyl (C=O) groups excluding carboxylic acids is 1. The zero-order chi connectivity index (χ0) is 13.0. The number of piperidine rings is 1. The van der Waals surface area contributed by atoms with Crippen molar-refractivity contribution in [3.63, 3.8) is 0 Å². The molecule has 18 heavy (non-hydrogen) atoms. The molecule has 6 nitrogen and oxygen atoms in total. The second kappa shape index (κ2) is 6.15. The van der Waals surface area contributed by atoms with Crippen molar-refractivity contribution in [3.05, 3.63) is 0 Å². The Balaban J connectivity index is 1.91. The van der Waals surface area contributed by atoms with Gasteiger partial charge in [-0.25, -0.2) is 4.79 Å². The third-order valence-corrected chi connectivity index (χ3v) is 3.57. The minimum Gasteiger partial charge on any atom is -0.480 e. The summed E-state index contributed by atoms with van der Waals surface area (Å²) in [5.74, 6) is -0.950. The quantitative estimate of drug-likeness (QED) is 0.756. The number of rotatable bonds is 3. The van der Waals surface area contributed by atoms with Gasteiger partial charge in [-0.15, -0.1) is 0 Å². The summed E-state index contributed by atoms with van der Waals surface area (Å²) in [6.07, 6.45) is 2.36. The number of morpholine rings is 1. The molecule has 2 saturated heterocycles. The summed E-state index contributed by atoms with van der Waals surface area (Å²) in [6, 6.07) is -0.632. The molecule has 2 rings (SSSR count). The van der Waals surface area contributed by atoms with Crippen molar-refractivity contribution in [1.29, 1.82) is 0 Å². The predicted molar refractivity (Wildman–Crippen MR) is 64.2 cm³/mol. The van der Waals surface area contributed by atoms with Crippen molar-refractivity contribution in [2.75, 3.05) is 39.4 Å². The molecular formula is C12H20N2O4. The van der Waals surface area contributed by atoms with Gasteiger partial charge >= 0.3 is 5.97 Å². The van der Waals surface area contributed by atoms with Gasteiger partial charge in [0.2, 0.25) is 5.91 Å². The van der Waals surface area contributed by atoms with E-state index in [2.05, 4.69) is 0 Å². The molecule has 2 heterocycles. The number of amides is 1. The molecule has 2 aliphatic heterocycles. The number of carbonyl (C=O) groups is 2. The fourth-order valence-electron chi connectivity index (χ4n) is 2.53. The van der Waals surface area contributed by atoms with Gasteiger partial charge in [-0.2, -0.15) is 0 Å². The Labute approximate surface area is 106 Å². The molecule has 102 valence electrons. The molecule has 0 aromatic carbocycles. The molecule has 0 aromatic rings. The van der Waals surface area contributed by atoms with Crippen LogP contribution in [0, 0.1) is 0 Å². The summed E-state index contributed by atoms with van der Waals surface area (Å²) in [6.45, 7) is 3.67. The Kier molecular flexibility index (Phi) is 4.54. The smallest absolute Gasteiger partial charge is 0.326 e. The molecular weight excluding hydrogens is 236 g/mol. The van der Waals surface area contributed by atoms with Crippen molar-refractivity contribution in [3.8, 4) is 0 Å². The molecule has 1 amide bonds. The summed E-state index contributed by atoms with van der Waals surface area (Å²) >= 11 is 0. The Hall–Kier alpha value is -1.14. The van der Waals surface area contributed by atoms with Crippen LogP contribution in [0.15, 0.2) is 0 Å². The maximum atomic E-state index is 12.2. The van der Waals surface area contributed by atoms with Crippen molar-refractivity contribution in [2.45, 2.75) is 25.3 Å². The number of carboxylic acid groups (broad SMARTS) is 1. The van der Waals surface area contributed by atoms with E-state index in [1.165, 1.54) is 4.90 Å². The van der Waals surface area contributed by atoms with Crippen LogP contribution in [-0.2, 0) is 14.3 Å². The maximum Gasteiger partial charge on any atom is 0.326 e. The molecule has 0 unspecified atom stereocenters. The fraction of sp³-hybridized carbons (Fsp3) is 0.833. The maximum absolute atomic E-state index is 12.2. The van der Waals surface area contributed by atoms with Crippen LogP contribution < -0.4 is 0 Å². The minimum atomic E-state index is -0.884. The highest BCUT2D eigenvalue weighted by Crippen LogP contribution is 2.17. The second-order valence-corrected chi connectivity index (χ2v) is 4.83. The molecule has 0 spiro atoms. The summed E-state index contributed by atoms with van der Waals surface area (Å²) in [7, 11) is 0. The van der Waals surface area contributed by atoms with Crippen LogP contribution in [0.1, 0.15) is 19.3 Å². The normalized spacial score (nSPS) is 26.0. The Morgan fingerprint density at radius 2 is 1.89 bits per heavy atom. The molecule has 1 N–H and O–H groups in total. The zero-order valence-corrected chi connectivity index (χ0v) is 10.5. The fourth-order valence-corrected chi connectivity index (χ4v) is 2.53. The van der Waals surface area contributed by atoms with Gasteiger partial charge in [0.15, 0.2) is 0 Å². The van der Waals surface area contributed by atoms with Crippen molar-refractivity contribution in [2.24, 2.45) is 0 Å². The number of nitrogens with zero attached hydrogens (tertiary/aromatic N) is 2. The SMILES string of the molecule is O=C(O)[C@@H]1CCCCN1C(=O)CN1CCOCC1. The van der Waals surface area contributed by atoms with Gasteiger partial charge < -0.3 is 14.7 Å². The van der Waals surface area contributed by atoms with Gasteiger partial charge in [0.05, 0.1) is 19.8 Å². The Morgan fingerprint density at radius 3 is 2.56 bits per heavy atom. The van der Waals surface area contributed by atoms with Crippen molar-refractivity contribution < 1.29 is 19.4 Å². The molecule has 2 fully saturated rings. The molecule has 6 heteroatoms. The number of hydrogen-bond acceptors (Lipinski definition) is 4. The van der Waals surface area contributed by atoms with Crippen molar-refractivity contribution in [1.82, 2.24) is 9.80 Å². The first-order chi connectivity index (χ1) is 8.68. The molecule has 0 aliphatic carbocycles. The number of ether oxygens (including phenoxy) is 1. The number of likely N-dealkylation sites (tertiary alicyclic amines) is 1. The molecule has 0 radical (unpaired) electrons. The van der Waals surface area contributed by atoms with Crippen LogP contribution in [0.5, 0.6) is 0 Å². The first kappa shape index (κ1) is 13.3. The lowest BCUT2D eigenvalue weighted by Gasteiger charge is -2.35. The second-order valence-electron chi connectivity index (χ2n) is 4.83. The molecule has 0 aromatic heterocycles. The van der Waals surface area contributed by atoms with E-state index >= 15 is 0 Å². The average Bonchev–Trinajstić information content (AvgIpc) is 2.40. The lowest BCUT2D eigenvalue weighted by Crippen LogP contribution is -2.52. The largest absolute Gasteiger partial charge is 0.480 e. The topological polar surface area (TPSA) is 70.1 Å². The van der Waals surface area contributed by atoms with Crippen LogP contribution >= 0.6 is 0 Å². The number of hydrogen-bond donors (Lipinski definition) is 1. The Bertz CT molecular complexity index is 315. The first-order valence-electron chi connectivity index (χ1n) is 6.51. The first-order valence-corrected chi connectivity index (χ1v) is 6.51. The highest BCUT2D eigenvalue weighted by atomic mass is 16.5. The van der Waals surface area contributed by atoms with Crippen LogP contribution in [0.25, 0.3) is 0 Å². The van der Waals surface area contributed by atoms with Crippen LogP contribution in [0.3, 0.4) is 0 Å². The van der Waals surface area contributed by atoms with Gasteiger partial charge in [0, 0.05) is 19.6 Å². The summed E-state index contributed by atoms with van der Waals surface area (Å²) in [4.78, 5) is 26.9. The van der Waals surface area contributed by atoms with E-state index in [4.69, 9.17) is 9.84 Å². The van der Waals surface area contributed by atoms with Gasteiger partial charge in [-0.05, 0) is 19.3 Å². The lowest BCUT2D eigenvalue weighted by molar-refractivity contribution is -0.152. The summed E-state index contributed by atoms with van der Waals surface area (Å²) < 4.78 is 5.23. The third-order valence-electron chi connectivity index (χ3n) is 3.57.